The Morgan fingerprint density at radius 3 is 2.08 bits per heavy atom. The Hall–Kier alpha value is -1.36. The van der Waals surface area contributed by atoms with Crippen LogP contribution in [0.3, 0.4) is 0 Å². The Balaban J connectivity index is 0. The minimum absolute atomic E-state index is 0.288. The molecule has 0 amide bonds. The first-order valence-electron chi connectivity index (χ1n) is 3.28. The highest BCUT2D eigenvalue weighted by Crippen LogP contribution is 1.86. The van der Waals surface area contributed by atoms with E-state index in [0.717, 1.165) is 6.08 Å². The number of carboxylic acids is 1. The van der Waals surface area contributed by atoms with Gasteiger partial charge in [0.05, 0.1) is 0 Å². The van der Waals surface area contributed by atoms with Gasteiger partial charge in [-0.15, -0.1) is 0 Å². The monoisotopic (exact) mass is 176 g/mol. The fraction of sp³-hybridized carbons (Fsp3) is 0.429. The van der Waals surface area contributed by atoms with Crippen molar-refractivity contribution in [3.8, 4) is 0 Å². The summed E-state index contributed by atoms with van der Waals surface area (Å²) in [5, 5.41) is 15.2. The minimum Gasteiger partial charge on any atom is -0.478 e. The predicted octanol–water partition coefficient (Wildman–Crippen LogP) is 1.06. The van der Waals surface area contributed by atoms with E-state index >= 15 is 0 Å². The molecule has 2 N–H and O–H groups in total. The van der Waals surface area contributed by atoms with E-state index in [1.807, 2.05) is 6.92 Å². The third-order valence-corrected chi connectivity index (χ3v) is 0.731. The molecule has 0 fully saturated rings. The molecular formula is C7H12O5. The summed E-state index contributed by atoms with van der Waals surface area (Å²) in [5.74, 6) is -1.55. The van der Waals surface area contributed by atoms with Crippen molar-refractivity contribution in [3.63, 3.8) is 0 Å². The fourth-order valence-corrected chi connectivity index (χ4v) is 0.250. The molecule has 0 spiro atoms. The van der Waals surface area contributed by atoms with Gasteiger partial charge >= 0.3 is 11.9 Å². The highest BCUT2D eigenvalue weighted by Gasteiger charge is 1.95. The zero-order valence-corrected chi connectivity index (χ0v) is 6.82. The molecule has 0 saturated heterocycles. The number of hydrogen-bond donors (Lipinski definition) is 2. The van der Waals surface area contributed by atoms with Gasteiger partial charge in [0.1, 0.15) is 0 Å². The van der Waals surface area contributed by atoms with Crippen molar-refractivity contribution in [2.45, 2.75) is 19.8 Å². The van der Waals surface area contributed by atoms with E-state index in [0.29, 0.717) is 6.42 Å². The molecule has 0 rings (SSSR count). The molecular weight excluding hydrogens is 164 g/mol. The lowest BCUT2D eigenvalue weighted by Gasteiger charge is -1.87. The number of rotatable bonds is 3. The topological polar surface area (TPSA) is 83.8 Å². The highest BCUT2D eigenvalue weighted by molar-refractivity contribution is 5.78. The number of carboxylic acid groups (broad SMARTS) is 1. The first kappa shape index (κ1) is 13.2. The third kappa shape index (κ3) is 15.9. The molecule has 5 heteroatoms. The second-order valence-corrected chi connectivity index (χ2v) is 1.76. The Morgan fingerprint density at radius 2 is 2.00 bits per heavy atom. The molecule has 0 aliphatic heterocycles. The molecule has 0 aliphatic carbocycles. The van der Waals surface area contributed by atoms with E-state index in [-0.39, 0.29) is 6.42 Å². The maximum Gasteiger partial charge on any atom is 0.342 e. The maximum atomic E-state index is 9.94. The average Bonchev–Trinajstić information content (AvgIpc) is 2.06. The SMILES string of the molecule is C=CC(=O)O.CCCC(=O)OO. The van der Waals surface area contributed by atoms with E-state index in [1.165, 1.54) is 0 Å². The van der Waals surface area contributed by atoms with Crippen LogP contribution in [0.25, 0.3) is 0 Å². The molecule has 0 aliphatic rings. The molecule has 0 aromatic heterocycles. The van der Waals surface area contributed by atoms with Crippen LogP contribution in [0.15, 0.2) is 12.7 Å². The van der Waals surface area contributed by atoms with Crippen molar-refractivity contribution >= 4 is 11.9 Å². The van der Waals surface area contributed by atoms with Crippen LogP contribution in [0.5, 0.6) is 0 Å². The van der Waals surface area contributed by atoms with E-state index in [1.54, 1.807) is 0 Å². The summed E-state index contributed by atoms with van der Waals surface area (Å²) in [7, 11) is 0. The molecule has 0 saturated carbocycles. The minimum atomic E-state index is -0.981. The summed E-state index contributed by atoms with van der Waals surface area (Å²) < 4.78 is 0. The van der Waals surface area contributed by atoms with Crippen molar-refractivity contribution in [2.24, 2.45) is 0 Å². The van der Waals surface area contributed by atoms with Crippen molar-refractivity contribution < 1.29 is 24.8 Å². The van der Waals surface area contributed by atoms with Crippen molar-refractivity contribution in [3.05, 3.63) is 12.7 Å². The molecule has 0 bridgehead atoms. The smallest absolute Gasteiger partial charge is 0.342 e. The van der Waals surface area contributed by atoms with Gasteiger partial charge in [-0.25, -0.2) is 9.59 Å². The van der Waals surface area contributed by atoms with E-state index in [9.17, 15) is 9.59 Å². The molecule has 70 valence electrons. The molecule has 0 aromatic rings. The van der Waals surface area contributed by atoms with Gasteiger partial charge in [0, 0.05) is 12.5 Å². The second kappa shape index (κ2) is 9.64. The molecule has 0 aromatic carbocycles. The number of aliphatic carboxylic acids is 1. The Kier molecular flexibility index (Phi) is 10.6. The normalized spacial score (nSPS) is 7.50. The Morgan fingerprint density at radius 1 is 1.58 bits per heavy atom. The van der Waals surface area contributed by atoms with Gasteiger partial charge in [-0.2, -0.15) is 5.26 Å². The summed E-state index contributed by atoms with van der Waals surface area (Å²) in [6.07, 6.45) is 1.83. The van der Waals surface area contributed by atoms with Crippen LogP contribution in [0.2, 0.25) is 0 Å². The summed E-state index contributed by atoms with van der Waals surface area (Å²) in [6, 6.07) is 0. The van der Waals surface area contributed by atoms with Gasteiger partial charge in [-0.3, -0.25) is 0 Å². The van der Waals surface area contributed by atoms with E-state index in [4.69, 9.17) is 10.4 Å². The Bertz CT molecular complexity index is 152. The zero-order chi connectivity index (χ0) is 9.98. The van der Waals surface area contributed by atoms with Gasteiger partial charge in [0.25, 0.3) is 0 Å². The fourth-order valence-electron chi connectivity index (χ4n) is 0.250. The van der Waals surface area contributed by atoms with E-state index < -0.39 is 11.9 Å². The van der Waals surface area contributed by atoms with Gasteiger partial charge in [0.15, 0.2) is 0 Å². The number of hydrogen-bond acceptors (Lipinski definition) is 4. The van der Waals surface area contributed by atoms with Gasteiger partial charge in [-0.05, 0) is 6.42 Å². The third-order valence-electron chi connectivity index (χ3n) is 0.731. The van der Waals surface area contributed by atoms with Gasteiger partial charge in [-0.1, -0.05) is 13.5 Å². The molecule has 0 atom stereocenters. The molecule has 0 radical (unpaired) electrons. The van der Waals surface area contributed by atoms with Gasteiger partial charge < -0.3 is 9.99 Å². The van der Waals surface area contributed by atoms with Crippen molar-refractivity contribution in [1.29, 1.82) is 0 Å². The first-order chi connectivity index (χ1) is 5.58. The van der Waals surface area contributed by atoms with Crippen LogP contribution < -0.4 is 0 Å². The van der Waals surface area contributed by atoms with Crippen molar-refractivity contribution in [1.82, 2.24) is 0 Å². The molecule has 12 heavy (non-hydrogen) atoms. The predicted molar refractivity (Wildman–Crippen MR) is 41.5 cm³/mol. The first-order valence-corrected chi connectivity index (χ1v) is 3.28. The lowest BCUT2D eigenvalue weighted by molar-refractivity contribution is -0.234. The van der Waals surface area contributed by atoms with Crippen LogP contribution in [-0.2, 0) is 14.5 Å². The highest BCUT2D eigenvalue weighted by atomic mass is 17.1. The lowest BCUT2D eigenvalue weighted by atomic mass is 10.3. The van der Waals surface area contributed by atoms with Crippen LogP contribution in [0.1, 0.15) is 19.8 Å². The number of carbonyl (C=O) groups excluding carboxylic acids is 1. The summed E-state index contributed by atoms with van der Waals surface area (Å²) >= 11 is 0. The second-order valence-electron chi connectivity index (χ2n) is 1.76. The average molecular weight is 176 g/mol. The summed E-state index contributed by atoms with van der Waals surface area (Å²) in [4.78, 5) is 22.5. The van der Waals surface area contributed by atoms with Crippen molar-refractivity contribution in [2.75, 3.05) is 0 Å². The molecule has 0 unspecified atom stereocenters. The largest absolute Gasteiger partial charge is 0.478 e. The van der Waals surface area contributed by atoms with Gasteiger partial charge in [0.2, 0.25) is 0 Å². The maximum absolute atomic E-state index is 9.94. The molecule has 0 heterocycles. The van der Waals surface area contributed by atoms with Crippen LogP contribution >= 0.6 is 0 Å². The summed E-state index contributed by atoms with van der Waals surface area (Å²) in [5.41, 5.74) is 0. The molecule has 5 nitrogen and oxygen atoms in total. The van der Waals surface area contributed by atoms with Crippen LogP contribution in [-0.4, -0.2) is 22.3 Å². The Labute approximate surface area is 70.2 Å². The number of carbonyl (C=O) groups is 2. The quantitative estimate of drug-likeness (QED) is 0.381. The zero-order valence-electron chi connectivity index (χ0n) is 6.82. The lowest BCUT2D eigenvalue weighted by Crippen LogP contribution is -1.97. The summed E-state index contributed by atoms with van der Waals surface area (Å²) in [6.45, 7) is 4.79. The van der Waals surface area contributed by atoms with E-state index in [2.05, 4.69) is 11.5 Å². The standard InChI is InChI=1S/C4H8O3.C3H4O2/c1-2-3-4(5)7-6;1-2-3(4)5/h6H,2-3H2,1H3;2H,1H2,(H,4,5). The van der Waals surface area contributed by atoms with Crippen LogP contribution in [0.4, 0.5) is 0 Å². The van der Waals surface area contributed by atoms with Crippen LogP contribution in [0, 0.1) is 0 Å².